The first-order valence-electron chi connectivity index (χ1n) is 7.90. The number of nitrogens with one attached hydrogen (secondary N) is 1. The van der Waals surface area contributed by atoms with E-state index in [1.165, 1.54) is 0 Å². The van der Waals surface area contributed by atoms with Crippen LogP contribution in [0.2, 0.25) is 5.02 Å². The highest BCUT2D eigenvalue weighted by Crippen LogP contribution is 2.14. The molecule has 0 spiro atoms. The van der Waals surface area contributed by atoms with Gasteiger partial charge in [0.05, 0.1) is 31.3 Å². The number of nitrogens with zero attached hydrogens (tertiary/aromatic N) is 3. The highest BCUT2D eigenvalue weighted by Gasteiger charge is 2.13. The molecule has 0 aliphatic carbocycles. The Bertz CT molecular complexity index is 687. The summed E-state index contributed by atoms with van der Waals surface area (Å²) in [6, 6.07) is 7.53. The second-order valence-corrected chi connectivity index (χ2v) is 5.99. The van der Waals surface area contributed by atoms with E-state index in [1.807, 2.05) is 24.3 Å². The average molecular weight is 347 g/mol. The number of benzene rings is 1. The van der Waals surface area contributed by atoms with Crippen LogP contribution in [-0.4, -0.2) is 42.2 Å². The van der Waals surface area contributed by atoms with Gasteiger partial charge in [-0.05, 0) is 24.1 Å². The number of amides is 1. The topological polar surface area (TPSA) is 67.4 Å². The van der Waals surface area contributed by atoms with Crippen LogP contribution in [0.15, 0.2) is 36.7 Å². The van der Waals surface area contributed by atoms with Crippen molar-refractivity contribution in [3.63, 3.8) is 0 Å². The molecule has 1 amide bonds. The molecule has 1 saturated heterocycles. The number of halogens is 1. The highest BCUT2D eigenvalue weighted by molar-refractivity contribution is 6.30. The molecule has 1 aliphatic heterocycles. The van der Waals surface area contributed by atoms with E-state index in [-0.39, 0.29) is 5.91 Å². The summed E-state index contributed by atoms with van der Waals surface area (Å²) in [6.07, 6.45) is 4.29. The van der Waals surface area contributed by atoms with Crippen molar-refractivity contribution in [3.05, 3.63) is 47.2 Å². The molecular weight excluding hydrogens is 328 g/mol. The minimum absolute atomic E-state index is 0.0716. The molecule has 0 unspecified atom stereocenters. The lowest BCUT2D eigenvalue weighted by atomic mass is 10.1. The van der Waals surface area contributed by atoms with Crippen LogP contribution in [0.25, 0.3) is 0 Å². The summed E-state index contributed by atoms with van der Waals surface area (Å²) in [6.45, 7) is 2.94. The number of anilines is 2. The predicted octanol–water partition coefficient (Wildman–Crippen LogP) is 2.54. The fraction of sp³-hybridized carbons (Fsp3) is 0.353. The van der Waals surface area contributed by atoms with Crippen LogP contribution in [-0.2, 0) is 16.0 Å². The van der Waals surface area contributed by atoms with Crippen molar-refractivity contribution in [2.45, 2.75) is 12.8 Å². The molecule has 1 N–H and O–H groups in total. The largest absolute Gasteiger partial charge is 0.378 e. The second-order valence-electron chi connectivity index (χ2n) is 5.55. The summed E-state index contributed by atoms with van der Waals surface area (Å²) in [7, 11) is 0. The quantitative estimate of drug-likeness (QED) is 0.901. The Labute approximate surface area is 145 Å². The number of aryl methyl sites for hydroxylation is 1. The van der Waals surface area contributed by atoms with Crippen LogP contribution in [0.3, 0.4) is 0 Å². The van der Waals surface area contributed by atoms with Gasteiger partial charge in [0.25, 0.3) is 0 Å². The molecule has 2 heterocycles. The van der Waals surface area contributed by atoms with Crippen LogP contribution in [0.1, 0.15) is 12.0 Å². The van der Waals surface area contributed by atoms with E-state index in [0.717, 1.165) is 18.7 Å². The minimum Gasteiger partial charge on any atom is -0.378 e. The summed E-state index contributed by atoms with van der Waals surface area (Å²) < 4.78 is 5.31. The van der Waals surface area contributed by atoms with Crippen molar-refractivity contribution < 1.29 is 9.53 Å². The van der Waals surface area contributed by atoms with E-state index < -0.39 is 0 Å². The van der Waals surface area contributed by atoms with Gasteiger partial charge >= 0.3 is 0 Å². The average Bonchev–Trinajstić information content (AvgIpc) is 2.61. The van der Waals surface area contributed by atoms with Crippen LogP contribution in [0.4, 0.5) is 11.6 Å². The molecule has 1 aliphatic rings. The maximum Gasteiger partial charge on any atom is 0.225 e. The lowest BCUT2D eigenvalue weighted by molar-refractivity contribution is -0.116. The first-order chi connectivity index (χ1) is 11.7. The Morgan fingerprint density at radius 3 is 2.71 bits per heavy atom. The maximum absolute atomic E-state index is 12.0. The van der Waals surface area contributed by atoms with Crippen molar-refractivity contribution in [2.24, 2.45) is 0 Å². The normalized spacial score (nSPS) is 14.5. The molecule has 0 atom stereocenters. The van der Waals surface area contributed by atoms with E-state index in [9.17, 15) is 4.79 Å². The van der Waals surface area contributed by atoms with Gasteiger partial charge < -0.3 is 15.0 Å². The van der Waals surface area contributed by atoms with Gasteiger partial charge in [0.15, 0.2) is 0 Å². The third kappa shape index (κ3) is 4.66. The molecule has 126 valence electrons. The molecule has 0 saturated carbocycles. The number of ether oxygens (including phenoxy) is 1. The van der Waals surface area contributed by atoms with Gasteiger partial charge in [-0.3, -0.25) is 4.79 Å². The van der Waals surface area contributed by atoms with Gasteiger partial charge in [-0.15, -0.1) is 0 Å². The minimum atomic E-state index is -0.0716. The molecule has 2 aromatic rings. The zero-order valence-electron chi connectivity index (χ0n) is 13.2. The summed E-state index contributed by atoms with van der Waals surface area (Å²) in [5.74, 6) is 0.591. The van der Waals surface area contributed by atoms with E-state index in [4.69, 9.17) is 16.3 Å². The Kier molecular flexibility index (Phi) is 5.61. The maximum atomic E-state index is 12.0. The smallest absolute Gasteiger partial charge is 0.225 e. The lowest BCUT2D eigenvalue weighted by Gasteiger charge is -2.26. The number of carbonyl (C=O) groups excluding carboxylic acids is 1. The fourth-order valence-corrected chi connectivity index (χ4v) is 2.70. The number of carbonyl (C=O) groups is 1. The molecule has 1 aromatic carbocycles. The van der Waals surface area contributed by atoms with Crippen molar-refractivity contribution in [1.29, 1.82) is 0 Å². The Balaban J connectivity index is 1.50. The van der Waals surface area contributed by atoms with Gasteiger partial charge in [0.1, 0.15) is 0 Å². The summed E-state index contributed by atoms with van der Waals surface area (Å²) in [4.78, 5) is 22.7. The SMILES string of the molecule is O=C(CCc1cccc(Cl)c1)Nc1cnc(N2CCOCC2)nc1. The first kappa shape index (κ1) is 16.7. The third-order valence-corrected chi connectivity index (χ3v) is 3.98. The summed E-state index contributed by atoms with van der Waals surface area (Å²) in [5.41, 5.74) is 1.64. The third-order valence-electron chi connectivity index (χ3n) is 3.75. The second kappa shape index (κ2) is 8.08. The molecule has 1 aromatic heterocycles. The standard InChI is InChI=1S/C17H19ClN4O2/c18-14-3-1-2-13(10-14)4-5-16(23)21-15-11-19-17(20-12-15)22-6-8-24-9-7-22/h1-3,10-12H,4-9H2,(H,21,23). The van der Waals surface area contributed by atoms with Crippen LogP contribution in [0, 0.1) is 0 Å². The fourth-order valence-electron chi connectivity index (χ4n) is 2.49. The zero-order valence-corrected chi connectivity index (χ0v) is 14.0. The van der Waals surface area contributed by atoms with Gasteiger partial charge in [-0.1, -0.05) is 23.7 Å². The molecule has 7 heteroatoms. The highest BCUT2D eigenvalue weighted by atomic mass is 35.5. The number of aromatic nitrogens is 2. The van der Waals surface area contributed by atoms with Crippen molar-refractivity contribution in [2.75, 3.05) is 36.5 Å². The van der Waals surface area contributed by atoms with Crippen molar-refractivity contribution in [1.82, 2.24) is 9.97 Å². The molecule has 24 heavy (non-hydrogen) atoms. The summed E-state index contributed by atoms with van der Waals surface area (Å²) in [5, 5.41) is 3.50. The number of rotatable bonds is 5. The van der Waals surface area contributed by atoms with Crippen molar-refractivity contribution in [3.8, 4) is 0 Å². The molecule has 6 nitrogen and oxygen atoms in total. The van der Waals surface area contributed by atoms with Crippen LogP contribution >= 0.6 is 11.6 Å². The van der Waals surface area contributed by atoms with E-state index >= 15 is 0 Å². The molecular formula is C17H19ClN4O2. The van der Waals surface area contributed by atoms with Gasteiger partial charge in [-0.2, -0.15) is 0 Å². The van der Waals surface area contributed by atoms with Gasteiger partial charge in [0, 0.05) is 24.5 Å². The first-order valence-corrected chi connectivity index (χ1v) is 8.27. The molecule has 0 bridgehead atoms. The Morgan fingerprint density at radius 2 is 2.00 bits per heavy atom. The molecule has 3 rings (SSSR count). The summed E-state index contributed by atoms with van der Waals surface area (Å²) >= 11 is 5.94. The Hall–Kier alpha value is -2.18. The zero-order chi connectivity index (χ0) is 16.8. The molecule has 0 radical (unpaired) electrons. The van der Waals surface area contributed by atoms with Gasteiger partial charge in [-0.25, -0.2) is 9.97 Å². The number of morpholine rings is 1. The van der Waals surface area contributed by atoms with Gasteiger partial charge in [0.2, 0.25) is 11.9 Å². The van der Waals surface area contributed by atoms with E-state index in [0.29, 0.717) is 42.7 Å². The monoisotopic (exact) mass is 346 g/mol. The Morgan fingerprint density at radius 1 is 1.25 bits per heavy atom. The van der Waals surface area contributed by atoms with E-state index in [1.54, 1.807) is 12.4 Å². The lowest BCUT2D eigenvalue weighted by Crippen LogP contribution is -2.37. The number of hydrogen-bond donors (Lipinski definition) is 1. The van der Waals surface area contributed by atoms with E-state index in [2.05, 4.69) is 20.2 Å². The predicted molar refractivity (Wildman–Crippen MR) is 93.5 cm³/mol. The molecule has 1 fully saturated rings. The van der Waals surface area contributed by atoms with Crippen LogP contribution < -0.4 is 10.2 Å². The van der Waals surface area contributed by atoms with Crippen molar-refractivity contribution >= 4 is 29.1 Å². The van der Waals surface area contributed by atoms with Crippen LogP contribution in [0.5, 0.6) is 0 Å². The number of hydrogen-bond acceptors (Lipinski definition) is 5.